The Morgan fingerprint density at radius 3 is 2.50 bits per heavy atom. The first-order valence-corrected chi connectivity index (χ1v) is 10.9. The first-order chi connectivity index (χ1) is 13.2. The van der Waals surface area contributed by atoms with Crippen molar-refractivity contribution in [3.05, 3.63) is 59.7 Å². The molecule has 1 heterocycles. The third-order valence-electron chi connectivity index (χ3n) is 5.13. The van der Waals surface area contributed by atoms with Gasteiger partial charge in [0, 0.05) is 12.6 Å². The van der Waals surface area contributed by atoms with Gasteiger partial charge < -0.3 is 14.6 Å². The minimum Gasteiger partial charge on any atom is -0.489 e. The molecule has 1 aliphatic heterocycles. The zero-order valence-electron chi connectivity index (χ0n) is 16.6. The topological polar surface area (TPSA) is 76.1 Å². The van der Waals surface area contributed by atoms with E-state index in [-0.39, 0.29) is 5.75 Å². The van der Waals surface area contributed by atoms with E-state index in [0.29, 0.717) is 23.7 Å². The summed E-state index contributed by atoms with van der Waals surface area (Å²) in [5.41, 5.74) is 0.693. The summed E-state index contributed by atoms with van der Waals surface area (Å²) in [6.45, 7) is 5.48. The molecule has 3 rings (SSSR count). The molecule has 28 heavy (non-hydrogen) atoms. The second-order valence-corrected chi connectivity index (χ2v) is 9.80. The minimum atomic E-state index is -3.51. The molecule has 2 aromatic rings. The zero-order chi connectivity index (χ0) is 20.5. The lowest BCUT2D eigenvalue weighted by atomic mass is 9.86. The molecule has 0 saturated carbocycles. The molecule has 2 aromatic carbocycles. The van der Waals surface area contributed by atoms with Gasteiger partial charge in [0.25, 0.3) is 0 Å². The number of aliphatic hydroxyl groups excluding tert-OH is 1. The van der Waals surface area contributed by atoms with Crippen molar-refractivity contribution in [1.82, 2.24) is 4.31 Å². The van der Waals surface area contributed by atoms with Crippen LogP contribution in [-0.4, -0.2) is 42.3 Å². The van der Waals surface area contributed by atoms with Gasteiger partial charge in [-0.25, -0.2) is 8.42 Å². The molecular formula is C21H27NO5S. The normalized spacial score (nSPS) is 21.1. The van der Waals surface area contributed by atoms with Gasteiger partial charge in [-0.05, 0) is 44.5 Å². The smallest absolute Gasteiger partial charge is 0.214 e. The summed E-state index contributed by atoms with van der Waals surface area (Å²) in [5.74, 6) is 1.09. The second kappa shape index (κ2) is 7.73. The van der Waals surface area contributed by atoms with Crippen LogP contribution in [0, 0.1) is 0 Å². The molecule has 0 radical (unpaired) electrons. The quantitative estimate of drug-likeness (QED) is 0.799. The highest BCUT2D eigenvalue weighted by atomic mass is 32.2. The maximum Gasteiger partial charge on any atom is 0.214 e. The fourth-order valence-electron chi connectivity index (χ4n) is 3.35. The number of ether oxygens (including phenoxy) is 2. The summed E-state index contributed by atoms with van der Waals surface area (Å²) >= 11 is 0. The molecule has 0 bridgehead atoms. The van der Waals surface area contributed by atoms with E-state index < -0.39 is 27.8 Å². The second-order valence-electron chi connectivity index (χ2n) is 7.49. The van der Waals surface area contributed by atoms with Crippen LogP contribution in [0.2, 0.25) is 0 Å². The third-order valence-corrected chi connectivity index (χ3v) is 6.96. The van der Waals surface area contributed by atoms with E-state index in [9.17, 15) is 13.5 Å². The van der Waals surface area contributed by atoms with Crippen molar-refractivity contribution in [2.45, 2.75) is 45.1 Å². The van der Waals surface area contributed by atoms with Crippen LogP contribution >= 0.6 is 0 Å². The molecule has 2 atom stereocenters. The van der Waals surface area contributed by atoms with Gasteiger partial charge >= 0.3 is 0 Å². The number of fused-ring (bicyclic) bond motifs is 1. The first kappa shape index (κ1) is 20.6. The Kier molecular flexibility index (Phi) is 5.70. The summed E-state index contributed by atoms with van der Waals surface area (Å²) in [5, 5.41) is 10.9. The molecule has 152 valence electrons. The molecule has 6 nitrogen and oxygen atoms in total. The molecule has 0 amide bonds. The summed E-state index contributed by atoms with van der Waals surface area (Å²) < 4.78 is 38.1. The number of hydrogen-bond acceptors (Lipinski definition) is 5. The van der Waals surface area contributed by atoms with Crippen molar-refractivity contribution in [2.75, 3.05) is 12.8 Å². The van der Waals surface area contributed by atoms with E-state index in [2.05, 4.69) is 0 Å². The Morgan fingerprint density at radius 2 is 1.86 bits per heavy atom. The molecule has 0 aromatic heterocycles. The maximum atomic E-state index is 12.5. The van der Waals surface area contributed by atoms with Crippen LogP contribution in [0.1, 0.15) is 37.9 Å². The Balaban J connectivity index is 1.96. The number of rotatable bonds is 6. The largest absolute Gasteiger partial charge is 0.489 e. The number of nitrogens with zero attached hydrogens (tertiary/aromatic N) is 1. The number of sulfonamides is 1. The number of hydrogen-bond donors (Lipinski definition) is 1. The SMILES string of the molecule is CCS(=O)(=O)N(C)[C@H]1c2cc(OCc3ccccc3)ccc2OC(C)(C)[C@@H]1O. The fourth-order valence-corrected chi connectivity index (χ4v) is 4.33. The van der Waals surface area contributed by atoms with E-state index >= 15 is 0 Å². The van der Waals surface area contributed by atoms with Crippen LogP contribution in [0.3, 0.4) is 0 Å². The van der Waals surface area contributed by atoms with E-state index in [1.54, 1.807) is 39.0 Å². The van der Waals surface area contributed by atoms with Crippen molar-refractivity contribution < 1.29 is 23.0 Å². The van der Waals surface area contributed by atoms with Crippen molar-refractivity contribution >= 4 is 10.0 Å². The predicted molar refractivity (Wildman–Crippen MR) is 108 cm³/mol. The summed E-state index contributed by atoms with van der Waals surface area (Å²) in [7, 11) is -2.02. The average molecular weight is 406 g/mol. The highest BCUT2D eigenvalue weighted by Crippen LogP contribution is 2.44. The fraction of sp³-hybridized carbons (Fsp3) is 0.429. The van der Waals surface area contributed by atoms with Crippen LogP contribution in [0.15, 0.2) is 48.5 Å². The van der Waals surface area contributed by atoms with Gasteiger partial charge in [-0.15, -0.1) is 0 Å². The van der Waals surface area contributed by atoms with Crippen LogP contribution in [0.5, 0.6) is 11.5 Å². The lowest BCUT2D eigenvalue weighted by molar-refractivity contribution is -0.0764. The molecule has 1 aliphatic rings. The van der Waals surface area contributed by atoms with Crippen LogP contribution in [0.4, 0.5) is 0 Å². The van der Waals surface area contributed by atoms with Crippen molar-refractivity contribution in [3.8, 4) is 11.5 Å². The Morgan fingerprint density at radius 1 is 1.18 bits per heavy atom. The molecule has 0 unspecified atom stereocenters. The lowest BCUT2D eigenvalue weighted by Gasteiger charge is -2.44. The minimum absolute atomic E-state index is 0.0481. The van der Waals surface area contributed by atoms with Gasteiger partial charge in [-0.2, -0.15) is 4.31 Å². The average Bonchev–Trinajstić information content (AvgIpc) is 2.67. The molecule has 0 saturated heterocycles. The maximum absolute atomic E-state index is 12.5. The summed E-state index contributed by atoms with van der Waals surface area (Å²) in [6.07, 6.45) is -1.03. The Hall–Kier alpha value is -2.09. The lowest BCUT2D eigenvalue weighted by Crippen LogP contribution is -2.54. The van der Waals surface area contributed by atoms with Crippen LogP contribution in [0.25, 0.3) is 0 Å². The van der Waals surface area contributed by atoms with Gasteiger partial charge in [0.2, 0.25) is 10.0 Å². The summed E-state index contributed by atoms with van der Waals surface area (Å²) in [4.78, 5) is 0. The van der Waals surface area contributed by atoms with Crippen molar-refractivity contribution in [1.29, 1.82) is 0 Å². The summed E-state index contributed by atoms with van der Waals surface area (Å²) in [6, 6.07) is 14.3. The molecule has 1 N–H and O–H groups in total. The third kappa shape index (κ3) is 4.01. The van der Waals surface area contributed by atoms with Gasteiger partial charge in [0.05, 0.1) is 11.8 Å². The molecule has 0 fully saturated rings. The molecule has 0 spiro atoms. The van der Waals surface area contributed by atoms with E-state index in [4.69, 9.17) is 9.47 Å². The van der Waals surface area contributed by atoms with Crippen molar-refractivity contribution in [3.63, 3.8) is 0 Å². The van der Waals surface area contributed by atoms with E-state index in [1.807, 2.05) is 30.3 Å². The zero-order valence-corrected chi connectivity index (χ0v) is 17.4. The number of likely N-dealkylation sites (N-methyl/N-ethyl adjacent to an activating group) is 1. The number of aliphatic hydroxyl groups is 1. The van der Waals surface area contributed by atoms with Crippen LogP contribution in [-0.2, 0) is 16.6 Å². The van der Waals surface area contributed by atoms with Gasteiger partial charge in [0.1, 0.15) is 29.8 Å². The van der Waals surface area contributed by atoms with Crippen molar-refractivity contribution in [2.24, 2.45) is 0 Å². The van der Waals surface area contributed by atoms with Crippen LogP contribution < -0.4 is 9.47 Å². The predicted octanol–water partition coefficient (Wildman–Crippen LogP) is 3.12. The highest BCUT2D eigenvalue weighted by Gasteiger charge is 2.47. The van der Waals surface area contributed by atoms with Gasteiger partial charge in [-0.3, -0.25) is 0 Å². The Labute approximate surface area is 166 Å². The molecule has 0 aliphatic carbocycles. The monoisotopic (exact) mass is 405 g/mol. The molecular weight excluding hydrogens is 378 g/mol. The number of benzene rings is 2. The van der Waals surface area contributed by atoms with Gasteiger partial charge in [-0.1, -0.05) is 30.3 Å². The standard InChI is InChI=1S/C21H27NO5S/c1-5-28(24,25)22(4)19-17-13-16(26-14-15-9-7-6-8-10-15)11-12-18(17)27-21(2,3)20(19)23/h6-13,19-20,23H,5,14H2,1-4H3/t19-,20+/m0/s1. The Bertz CT molecular complexity index is 927. The van der Waals surface area contributed by atoms with Gasteiger partial charge in [0.15, 0.2) is 0 Å². The van der Waals surface area contributed by atoms with E-state index in [0.717, 1.165) is 5.56 Å². The molecule has 7 heteroatoms. The first-order valence-electron chi connectivity index (χ1n) is 9.29. The highest BCUT2D eigenvalue weighted by molar-refractivity contribution is 7.89. The van der Waals surface area contributed by atoms with E-state index in [1.165, 1.54) is 11.4 Å².